The Kier molecular flexibility index (Phi) is 5.70. The second-order valence-corrected chi connectivity index (χ2v) is 8.12. The standard InChI is InChI=1S/C22H27N7O3/c1-4-29-19(23)17(20(24)31)18(30)15-10-25-22(27-21(15)29)26-13-6-8-16-12(9-13)5-7-14(32-16)11-28(2)3/h6,8-10,14H,4-5,7,11,23H2,1-3H3,(H2,24,31)(H,25,26,27). The first-order valence-corrected chi connectivity index (χ1v) is 10.5. The number of nitrogens with zero attached hydrogens (tertiary/aromatic N) is 4. The lowest BCUT2D eigenvalue weighted by atomic mass is 10.0. The molecule has 1 unspecified atom stereocenters. The van der Waals surface area contributed by atoms with Crippen molar-refractivity contribution in [2.45, 2.75) is 32.4 Å². The third-order valence-corrected chi connectivity index (χ3v) is 5.52. The Bertz CT molecular complexity index is 1250. The maximum atomic E-state index is 12.7. The zero-order valence-electron chi connectivity index (χ0n) is 18.4. The van der Waals surface area contributed by atoms with E-state index in [9.17, 15) is 9.59 Å². The van der Waals surface area contributed by atoms with Gasteiger partial charge in [0.25, 0.3) is 5.91 Å². The van der Waals surface area contributed by atoms with Crippen LogP contribution in [-0.2, 0) is 13.0 Å². The van der Waals surface area contributed by atoms with Gasteiger partial charge < -0.3 is 31.0 Å². The highest BCUT2D eigenvalue weighted by Gasteiger charge is 2.22. The summed E-state index contributed by atoms with van der Waals surface area (Å²) < 4.78 is 7.68. The number of benzene rings is 1. The molecule has 1 aliphatic rings. The smallest absolute Gasteiger partial charge is 0.256 e. The number of carbonyl (C=O) groups is 1. The molecule has 0 aliphatic carbocycles. The van der Waals surface area contributed by atoms with Crippen LogP contribution in [0.3, 0.4) is 0 Å². The molecule has 1 atom stereocenters. The second-order valence-electron chi connectivity index (χ2n) is 8.12. The molecule has 0 bridgehead atoms. The molecular weight excluding hydrogens is 410 g/mol. The van der Waals surface area contributed by atoms with Crippen LogP contribution in [0.2, 0.25) is 0 Å². The normalized spacial score (nSPS) is 15.4. The molecule has 168 valence electrons. The number of hydrogen-bond donors (Lipinski definition) is 3. The van der Waals surface area contributed by atoms with E-state index >= 15 is 0 Å². The number of nitrogens with two attached hydrogens (primary N) is 2. The van der Waals surface area contributed by atoms with Crippen molar-refractivity contribution in [1.82, 2.24) is 19.4 Å². The fourth-order valence-corrected chi connectivity index (χ4v) is 4.04. The number of hydrogen-bond acceptors (Lipinski definition) is 8. The molecule has 32 heavy (non-hydrogen) atoms. The van der Waals surface area contributed by atoms with Gasteiger partial charge >= 0.3 is 0 Å². The van der Waals surface area contributed by atoms with Gasteiger partial charge in [-0.3, -0.25) is 9.59 Å². The Hall–Kier alpha value is -3.66. The zero-order valence-corrected chi connectivity index (χ0v) is 18.4. The Morgan fingerprint density at radius 3 is 2.84 bits per heavy atom. The van der Waals surface area contributed by atoms with Crippen LogP contribution in [0, 0.1) is 0 Å². The van der Waals surface area contributed by atoms with Crippen LogP contribution in [0.1, 0.15) is 29.3 Å². The van der Waals surface area contributed by atoms with E-state index in [2.05, 4.69) is 20.2 Å². The predicted octanol–water partition coefficient (Wildman–Crippen LogP) is 1.49. The van der Waals surface area contributed by atoms with Crippen molar-refractivity contribution < 1.29 is 9.53 Å². The maximum Gasteiger partial charge on any atom is 0.256 e. The summed E-state index contributed by atoms with van der Waals surface area (Å²) >= 11 is 0. The Morgan fingerprint density at radius 2 is 2.16 bits per heavy atom. The van der Waals surface area contributed by atoms with Gasteiger partial charge in [0, 0.05) is 25.0 Å². The molecule has 0 saturated heterocycles. The number of aryl methyl sites for hydroxylation is 2. The number of ether oxygens (including phenoxy) is 1. The number of rotatable bonds is 6. The van der Waals surface area contributed by atoms with E-state index in [0.717, 1.165) is 36.4 Å². The molecule has 10 heteroatoms. The van der Waals surface area contributed by atoms with Gasteiger partial charge in [0.2, 0.25) is 11.4 Å². The Morgan fingerprint density at radius 1 is 1.38 bits per heavy atom. The van der Waals surface area contributed by atoms with E-state index in [0.29, 0.717) is 18.1 Å². The van der Waals surface area contributed by atoms with Crippen LogP contribution >= 0.6 is 0 Å². The summed E-state index contributed by atoms with van der Waals surface area (Å²) in [7, 11) is 4.08. The molecule has 0 saturated carbocycles. The Labute approximate surface area is 185 Å². The molecule has 1 aromatic carbocycles. The molecule has 0 spiro atoms. The first kappa shape index (κ1) is 21.6. The van der Waals surface area contributed by atoms with Crippen LogP contribution in [0.5, 0.6) is 5.75 Å². The van der Waals surface area contributed by atoms with E-state index in [4.69, 9.17) is 16.2 Å². The molecule has 10 nitrogen and oxygen atoms in total. The molecule has 5 N–H and O–H groups in total. The monoisotopic (exact) mass is 437 g/mol. The number of primary amides is 1. The number of pyridine rings is 1. The molecule has 1 aliphatic heterocycles. The molecular formula is C22H27N7O3. The minimum atomic E-state index is -0.872. The molecule has 0 radical (unpaired) electrons. The SMILES string of the molecule is CCn1c(N)c(C(N)=O)c(=O)c2cnc(Nc3ccc4c(c3)CCC(CN(C)C)O4)nc21. The van der Waals surface area contributed by atoms with Gasteiger partial charge in [-0.2, -0.15) is 4.98 Å². The van der Waals surface area contributed by atoms with Gasteiger partial charge in [0.15, 0.2) is 5.65 Å². The number of fused-ring (bicyclic) bond motifs is 2. The number of nitrogens with one attached hydrogen (secondary N) is 1. The van der Waals surface area contributed by atoms with Gasteiger partial charge in [0.1, 0.15) is 23.2 Å². The summed E-state index contributed by atoms with van der Waals surface area (Å²) in [5, 5.41) is 3.37. The second kappa shape index (κ2) is 8.46. The van der Waals surface area contributed by atoms with Crippen molar-refractivity contribution in [3.8, 4) is 5.75 Å². The molecule has 3 heterocycles. The van der Waals surface area contributed by atoms with Crippen LogP contribution in [0.25, 0.3) is 11.0 Å². The van der Waals surface area contributed by atoms with E-state index in [1.54, 1.807) is 4.57 Å². The molecule has 3 aromatic rings. The molecule has 1 amide bonds. The Balaban J connectivity index is 1.65. The third-order valence-electron chi connectivity index (χ3n) is 5.52. The largest absolute Gasteiger partial charge is 0.489 e. The summed E-state index contributed by atoms with van der Waals surface area (Å²) in [6, 6.07) is 5.87. The van der Waals surface area contributed by atoms with Crippen LogP contribution in [0.15, 0.2) is 29.2 Å². The minimum absolute atomic E-state index is 0.000331. The topological polar surface area (TPSA) is 141 Å². The van der Waals surface area contributed by atoms with Crippen molar-refractivity contribution in [2.75, 3.05) is 31.7 Å². The summed E-state index contributed by atoms with van der Waals surface area (Å²) in [6.07, 6.45) is 3.44. The maximum absolute atomic E-state index is 12.7. The van der Waals surface area contributed by atoms with Gasteiger partial charge in [-0.05, 0) is 57.6 Å². The summed E-state index contributed by atoms with van der Waals surface area (Å²) in [5.74, 6) is 0.329. The van der Waals surface area contributed by atoms with Crippen molar-refractivity contribution in [3.63, 3.8) is 0 Å². The van der Waals surface area contributed by atoms with Gasteiger partial charge in [-0.15, -0.1) is 0 Å². The number of likely N-dealkylation sites (N-methyl/N-ethyl adjacent to an activating group) is 1. The molecule has 4 rings (SSSR count). The van der Waals surface area contributed by atoms with E-state index in [1.165, 1.54) is 6.20 Å². The first-order chi connectivity index (χ1) is 15.3. The van der Waals surface area contributed by atoms with Crippen molar-refractivity contribution >= 4 is 34.4 Å². The van der Waals surface area contributed by atoms with Crippen molar-refractivity contribution in [1.29, 1.82) is 0 Å². The van der Waals surface area contributed by atoms with Gasteiger partial charge in [-0.25, -0.2) is 4.98 Å². The lowest BCUT2D eigenvalue weighted by Gasteiger charge is -2.28. The number of anilines is 3. The predicted molar refractivity (Wildman–Crippen MR) is 123 cm³/mol. The van der Waals surface area contributed by atoms with Gasteiger partial charge in [0.05, 0.1) is 5.39 Å². The average molecular weight is 438 g/mol. The molecule has 2 aromatic heterocycles. The number of carbonyl (C=O) groups excluding carboxylic acids is 1. The van der Waals surface area contributed by atoms with E-state index in [1.807, 2.05) is 39.2 Å². The highest BCUT2D eigenvalue weighted by Crippen LogP contribution is 2.31. The average Bonchev–Trinajstić information content (AvgIpc) is 2.73. The summed E-state index contributed by atoms with van der Waals surface area (Å²) in [5.41, 5.74) is 12.8. The zero-order chi connectivity index (χ0) is 23.0. The number of amides is 1. The van der Waals surface area contributed by atoms with Crippen LogP contribution in [0.4, 0.5) is 17.5 Å². The van der Waals surface area contributed by atoms with E-state index in [-0.39, 0.29) is 22.9 Å². The van der Waals surface area contributed by atoms with Gasteiger partial charge in [-0.1, -0.05) is 0 Å². The minimum Gasteiger partial charge on any atom is -0.489 e. The van der Waals surface area contributed by atoms with Crippen LogP contribution < -0.4 is 26.9 Å². The fourth-order valence-electron chi connectivity index (χ4n) is 4.04. The quantitative estimate of drug-likeness (QED) is 0.527. The van der Waals surface area contributed by atoms with Crippen LogP contribution in [-0.4, -0.2) is 52.1 Å². The first-order valence-electron chi connectivity index (χ1n) is 10.5. The third kappa shape index (κ3) is 3.96. The highest BCUT2D eigenvalue weighted by molar-refractivity contribution is 6.00. The molecule has 0 fully saturated rings. The summed E-state index contributed by atoms with van der Waals surface area (Å²) in [4.78, 5) is 35.3. The lowest BCUT2D eigenvalue weighted by molar-refractivity contribution is 0.0999. The van der Waals surface area contributed by atoms with E-state index < -0.39 is 11.3 Å². The summed E-state index contributed by atoms with van der Waals surface area (Å²) in [6.45, 7) is 3.13. The fraction of sp³-hybridized carbons (Fsp3) is 0.364. The van der Waals surface area contributed by atoms with Crippen molar-refractivity contribution in [2.24, 2.45) is 5.73 Å². The number of nitrogen functional groups attached to an aromatic ring is 1. The lowest BCUT2D eigenvalue weighted by Crippen LogP contribution is -2.33. The van der Waals surface area contributed by atoms with Crippen molar-refractivity contribution in [3.05, 3.63) is 45.7 Å². The number of aromatic nitrogens is 3. The highest BCUT2D eigenvalue weighted by atomic mass is 16.5.